The normalized spacial score (nSPS) is 16.8. The molecule has 1 amide bonds. The highest BCUT2D eigenvalue weighted by Gasteiger charge is 2.32. The van der Waals surface area contributed by atoms with E-state index in [9.17, 15) is 13.2 Å². The van der Waals surface area contributed by atoms with Crippen LogP contribution in [0.1, 0.15) is 12.5 Å². The molecule has 1 unspecified atom stereocenters. The van der Waals surface area contributed by atoms with E-state index in [1.54, 1.807) is 25.3 Å². The molecule has 2 aromatic carbocycles. The highest BCUT2D eigenvalue weighted by Crippen LogP contribution is 2.25. The van der Waals surface area contributed by atoms with Gasteiger partial charge < -0.3 is 10.1 Å². The topological polar surface area (TPSA) is 79.0 Å². The minimum Gasteiger partial charge on any atom is -0.496 e. The Kier molecular flexibility index (Phi) is 7.36. The molecule has 162 valence electrons. The Morgan fingerprint density at radius 2 is 1.73 bits per heavy atom. The number of ether oxygens (including phenoxy) is 1. The number of para-hydroxylation sites is 1. The molecule has 1 N–H and O–H groups in total. The number of nitrogens with one attached hydrogen (secondary N) is 1. The van der Waals surface area contributed by atoms with E-state index >= 15 is 0 Å². The maximum Gasteiger partial charge on any atom is 0.244 e. The zero-order valence-electron chi connectivity index (χ0n) is 17.0. The van der Waals surface area contributed by atoms with Crippen molar-refractivity contribution in [2.45, 2.75) is 24.4 Å². The summed E-state index contributed by atoms with van der Waals surface area (Å²) in [6.45, 7) is 3.74. The van der Waals surface area contributed by atoms with Crippen LogP contribution < -0.4 is 10.1 Å². The maximum absolute atomic E-state index is 12.9. The van der Waals surface area contributed by atoms with Crippen molar-refractivity contribution in [3.8, 4) is 5.75 Å². The molecule has 2 aromatic rings. The van der Waals surface area contributed by atoms with Crippen LogP contribution in [-0.2, 0) is 21.4 Å². The molecule has 0 saturated carbocycles. The van der Waals surface area contributed by atoms with Gasteiger partial charge >= 0.3 is 0 Å². The fourth-order valence-corrected chi connectivity index (χ4v) is 5.38. The number of hydrogen-bond acceptors (Lipinski definition) is 5. The van der Waals surface area contributed by atoms with E-state index in [0.717, 1.165) is 11.3 Å². The number of piperazine rings is 1. The predicted octanol–water partition coefficient (Wildman–Crippen LogP) is 2.36. The molecule has 0 bridgehead atoms. The lowest BCUT2D eigenvalue weighted by Gasteiger charge is -2.36. The zero-order valence-corrected chi connectivity index (χ0v) is 18.6. The Bertz CT molecular complexity index is 991. The van der Waals surface area contributed by atoms with Gasteiger partial charge in [0.15, 0.2) is 0 Å². The third kappa shape index (κ3) is 4.95. The first kappa shape index (κ1) is 22.6. The Hall–Kier alpha value is -2.13. The van der Waals surface area contributed by atoms with Crippen LogP contribution in [0.4, 0.5) is 0 Å². The van der Waals surface area contributed by atoms with Gasteiger partial charge in [-0.05, 0) is 25.1 Å². The van der Waals surface area contributed by atoms with Gasteiger partial charge in [-0.3, -0.25) is 9.69 Å². The first-order valence-corrected chi connectivity index (χ1v) is 11.5. The van der Waals surface area contributed by atoms with Gasteiger partial charge in [-0.1, -0.05) is 41.9 Å². The van der Waals surface area contributed by atoms with Crippen LogP contribution in [0.5, 0.6) is 5.75 Å². The van der Waals surface area contributed by atoms with Crippen molar-refractivity contribution in [2.24, 2.45) is 0 Å². The Labute approximate surface area is 182 Å². The summed E-state index contributed by atoms with van der Waals surface area (Å²) in [6.07, 6.45) is 0. The number of amides is 1. The van der Waals surface area contributed by atoms with Gasteiger partial charge in [0.2, 0.25) is 15.9 Å². The van der Waals surface area contributed by atoms with E-state index < -0.39 is 10.0 Å². The van der Waals surface area contributed by atoms with Crippen LogP contribution in [0.2, 0.25) is 5.02 Å². The van der Waals surface area contributed by atoms with Crippen LogP contribution >= 0.6 is 11.6 Å². The van der Waals surface area contributed by atoms with Crippen molar-refractivity contribution in [3.63, 3.8) is 0 Å². The molecular formula is C21H26ClN3O4S. The van der Waals surface area contributed by atoms with E-state index in [0.29, 0.717) is 32.7 Å². The minimum absolute atomic E-state index is 0.108. The number of methoxy groups -OCH3 is 1. The Balaban J connectivity index is 1.56. The minimum atomic E-state index is -3.66. The monoisotopic (exact) mass is 451 g/mol. The third-order valence-corrected chi connectivity index (χ3v) is 7.70. The van der Waals surface area contributed by atoms with Crippen LogP contribution in [0, 0.1) is 0 Å². The summed E-state index contributed by atoms with van der Waals surface area (Å²) < 4.78 is 32.5. The molecule has 7 nitrogen and oxygen atoms in total. The molecule has 0 aromatic heterocycles. The summed E-state index contributed by atoms with van der Waals surface area (Å²) in [4.78, 5) is 14.7. The Morgan fingerprint density at radius 1 is 1.10 bits per heavy atom. The molecule has 0 radical (unpaired) electrons. The summed E-state index contributed by atoms with van der Waals surface area (Å²) in [7, 11) is -2.06. The smallest absolute Gasteiger partial charge is 0.244 e. The fourth-order valence-electron chi connectivity index (χ4n) is 3.47. The first-order chi connectivity index (χ1) is 14.3. The van der Waals surface area contributed by atoms with Gasteiger partial charge in [-0.25, -0.2) is 8.42 Å². The van der Waals surface area contributed by atoms with E-state index in [2.05, 4.69) is 5.32 Å². The lowest BCUT2D eigenvalue weighted by molar-refractivity contribution is -0.126. The molecular weight excluding hydrogens is 426 g/mol. The summed E-state index contributed by atoms with van der Waals surface area (Å²) in [6, 6.07) is 13.6. The summed E-state index contributed by atoms with van der Waals surface area (Å²) in [5, 5.41) is 3.15. The lowest BCUT2D eigenvalue weighted by Crippen LogP contribution is -2.54. The molecule has 1 fully saturated rings. The van der Waals surface area contributed by atoms with Crippen LogP contribution in [0.25, 0.3) is 0 Å². The number of nitrogens with zero attached hydrogens (tertiary/aromatic N) is 2. The number of hydrogen-bond donors (Lipinski definition) is 1. The summed E-state index contributed by atoms with van der Waals surface area (Å²) in [5.74, 6) is 0.618. The van der Waals surface area contributed by atoms with Crippen molar-refractivity contribution in [3.05, 3.63) is 59.1 Å². The first-order valence-electron chi connectivity index (χ1n) is 9.73. The molecule has 1 heterocycles. The summed E-state index contributed by atoms with van der Waals surface area (Å²) >= 11 is 6.08. The predicted molar refractivity (Wildman–Crippen MR) is 116 cm³/mol. The zero-order chi connectivity index (χ0) is 21.7. The molecule has 1 saturated heterocycles. The average Bonchev–Trinajstić information content (AvgIpc) is 2.77. The SMILES string of the molecule is COc1ccccc1CNC(=O)C(C)N1CCN(S(=O)(=O)c2ccccc2Cl)CC1. The Morgan fingerprint density at radius 3 is 2.40 bits per heavy atom. The highest BCUT2D eigenvalue weighted by atomic mass is 35.5. The third-order valence-electron chi connectivity index (χ3n) is 5.30. The molecule has 30 heavy (non-hydrogen) atoms. The van der Waals surface area contributed by atoms with Gasteiger partial charge in [-0.2, -0.15) is 4.31 Å². The number of benzene rings is 2. The second kappa shape index (κ2) is 9.78. The second-order valence-corrected chi connectivity index (χ2v) is 9.39. The molecule has 0 spiro atoms. The molecule has 1 aliphatic rings. The molecule has 1 aliphatic heterocycles. The van der Waals surface area contributed by atoms with E-state index in [-0.39, 0.29) is 21.9 Å². The number of carbonyl (C=O) groups is 1. The van der Waals surface area contributed by atoms with Gasteiger partial charge in [-0.15, -0.1) is 0 Å². The van der Waals surface area contributed by atoms with Crippen molar-refractivity contribution in [2.75, 3.05) is 33.3 Å². The van der Waals surface area contributed by atoms with E-state index in [1.165, 1.54) is 10.4 Å². The highest BCUT2D eigenvalue weighted by molar-refractivity contribution is 7.89. The molecule has 0 aliphatic carbocycles. The summed E-state index contributed by atoms with van der Waals surface area (Å²) in [5.41, 5.74) is 0.899. The van der Waals surface area contributed by atoms with E-state index in [4.69, 9.17) is 16.3 Å². The lowest BCUT2D eigenvalue weighted by atomic mass is 10.2. The van der Waals surface area contributed by atoms with Crippen LogP contribution in [-0.4, -0.2) is 62.9 Å². The van der Waals surface area contributed by atoms with Crippen molar-refractivity contribution >= 4 is 27.5 Å². The number of halogens is 1. The number of rotatable bonds is 7. The largest absolute Gasteiger partial charge is 0.496 e. The standard InChI is InChI=1S/C21H26ClN3O4S/c1-16(21(26)23-15-17-7-3-5-9-19(17)29-2)24-11-13-25(14-12-24)30(27,28)20-10-6-4-8-18(20)22/h3-10,16H,11-15H2,1-2H3,(H,23,26). The van der Waals surface area contributed by atoms with Crippen molar-refractivity contribution in [1.82, 2.24) is 14.5 Å². The van der Waals surface area contributed by atoms with Crippen molar-refractivity contribution < 1.29 is 17.9 Å². The molecule has 3 rings (SSSR count). The van der Waals surface area contributed by atoms with Crippen LogP contribution in [0.15, 0.2) is 53.4 Å². The van der Waals surface area contributed by atoms with E-state index in [1.807, 2.05) is 36.1 Å². The fraction of sp³-hybridized carbons (Fsp3) is 0.381. The van der Waals surface area contributed by atoms with Gasteiger partial charge in [0.05, 0.1) is 18.2 Å². The van der Waals surface area contributed by atoms with Crippen molar-refractivity contribution in [1.29, 1.82) is 0 Å². The second-order valence-electron chi connectivity index (χ2n) is 7.08. The number of carbonyl (C=O) groups excluding carboxylic acids is 1. The quantitative estimate of drug-likeness (QED) is 0.699. The number of sulfonamides is 1. The van der Waals surface area contributed by atoms with Gasteiger partial charge in [0.25, 0.3) is 0 Å². The average molecular weight is 452 g/mol. The molecule has 9 heteroatoms. The maximum atomic E-state index is 12.9. The molecule has 1 atom stereocenters. The van der Waals surface area contributed by atoms with Gasteiger partial charge in [0, 0.05) is 38.3 Å². The van der Waals surface area contributed by atoms with Crippen LogP contribution in [0.3, 0.4) is 0 Å². The van der Waals surface area contributed by atoms with Gasteiger partial charge in [0.1, 0.15) is 10.6 Å².